The zero-order valence-electron chi connectivity index (χ0n) is 16.2. The maximum atomic E-state index is 13.0. The van der Waals surface area contributed by atoms with E-state index in [4.69, 9.17) is 0 Å². The summed E-state index contributed by atoms with van der Waals surface area (Å²) in [6.07, 6.45) is 2.29. The largest absolute Gasteiger partial charge is 0.394 e. The maximum Gasteiger partial charge on any atom is 0.252 e. The number of hydrogen-bond donors (Lipinski definition) is 4. The van der Waals surface area contributed by atoms with Crippen LogP contribution in [0.25, 0.3) is 21.9 Å². The second kappa shape index (κ2) is 7.31. The third-order valence-electron chi connectivity index (χ3n) is 5.66. The number of fused-ring (bicyclic) bond motifs is 4. The van der Waals surface area contributed by atoms with E-state index in [2.05, 4.69) is 26.3 Å². The van der Waals surface area contributed by atoms with Crippen LogP contribution in [0.1, 0.15) is 21.6 Å². The van der Waals surface area contributed by atoms with Crippen LogP contribution in [0, 0.1) is 0 Å². The molecule has 0 radical (unpaired) electrons. The molecule has 0 saturated carbocycles. The standard InChI is InChI=1S/C22H21N5O3/c28-11-20(26-21(29)13-5-6-17-18(9-13)24-12-23-17)22(30)27-8-7-15-14-3-1-2-4-16(14)25-19(15)10-27/h1-6,9,12,20,25,28H,7-8,10-11H2,(H,23,24)(H,26,29)/t20-/m0/s1. The second-order valence-electron chi connectivity index (χ2n) is 7.48. The molecule has 1 atom stereocenters. The molecule has 4 N–H and O–H groups in total. The van der Waals surface area contributed by atoms with E-state index in [0.717, 1.165) is 28.7 Å². The number of rotatable bonds is 4. The van der Waals surface area contributed by atoms with Gasteiger partial charge in [0.25, 0.3) is 5.91 Å². The van der Waals surface area contributed by atoms with Crippen molar-refractivity contribution < 1.29 is 14.7 Å². The van der Waals surface area contributed by atoms with Crippen molar-refractivity contribution in [1.82, 2.24) is 25.2 Å². The van der Waals surface area contributed by atoms with Crippen LogP contribution in [0.4, 0.5) is 0 Å². The minimum absolute atomic E-state index is 0.294. The highest BCUT2D eigenvalue weighted by molar-refractivity contribution is 6.00. The van der Waals surface area contributed by atoms with Crippen LogP contribution in [-0.4, -0.2) is 56.0 Å². The Labute approximate surface area is 171 Å². The van der Waals surface area contributed by atoms with Gasteiger partial charge in [-0.2, -0.15) is 0 Å². The second-order valence-corrected chi connectivity index (χ2v) is 7.48. The third kappa shape index (κ3) is 3.11. The molecule has 8 nitrogen and oxygen atoms in total. The number of amides is 2. The van der Waals surface area contributed by atoms with Gasteiger partial charge in [0.1, 0.15) is 6.04 Å². The summed E-state index contributed by atoms with van der Waals surface area (Å²) in [5.74, 6) is -0.708. The lowest BCUT2D eigenvalue weighted by Gasteiger charge is -2.30. The summed E-state index contributed by atoms with van der Waals surface area (Å²) in [5.41, 5.74) is 5.17. The SMILES string of the molecule is O=C(N[C@@H](CO)C(=O)N1CCc2c([nH]c3ccccc23)C1)c1ccc2nc[nH]c2c1. The van der Waals surface area contributed by atoms with Crippen LogP contribution in [0.15, 0.2) is 48.8 Å². The van der Waals surface area contributed by atoms with Crippen LogP contribution in [0.3, 0.4) is 0 Å². The Morgan fingerprint density at radius 3 is 2.93 bits per heavy atom. The first-order valence-electron chi connectivity index (χ1n) is 9.86. The average molecular weight is 403 g/mol. The van der Waals surface area contributed by atoms with Gasteiger partial charge in [-0.05, 0) is 36.2 Å². The molecule has 0 saturated heterocycles. The predicted molar refractivity (Wildman–Crippen MR) is 112 cm³/mol. The molecule has 0 unspecified atom stereocenters. The zero-order valence-corrected chi connectivity index (χ0v) is 16.2. The molecule has 0 fully saturated rings. The molecule has 4 aromatic rings. The van der Waals surface area contributed by atoms with Crippen LogP contribution in [0.5, 0.6) is 0 Å². The van der Waals surface area contributed by atoms with E-state index in [1.165, 1.54) is 10.9 Å². The Morgan fingerprint density at radius 2 is 2.07 bits per heavy atom. The summed E-state index contributed by atoms with van der Waals surface area (Å²) in [4.78, 5) is 37.8. The molecule has 0 spiro atoms. The molecule has 0 bridgehead atoms. The van der Waals surface area contributed by atoms with Crippen molar-refractivity contribution in [2.45, 2.75) is 19.0 Å². The Hall–Kier alpha value is -3.65. The number of imidazole rings is 1. The number of carbonyl (C=O) groups is 2. The summed E-state index contributed by atoms with van der Waals surface area (Å²) >= 11 is 0. The number of para-hydroxylation sites is 1. The number of aliphatic hydroxyl groups excluding tert-OH is 1. The lowest BCUT2D eigenvalue weighted by atomic mass is 10.0. The Bertz CT molecular complexity index is 1260. The zero-order chi connectivity index (χ0) is 20.7. The fourth-order valence-corrected chi connectivity index (χ4v) is 4.11. The van der Waals surface area contributed by atoms with Crippen molar-refractivity contribution in [2.24, 2.45) is 0 Å². The highest BCUT2D eigenvalue weighted by atomic mass is 16.3. The number of carbonyl (C=O) groups excluding carboxylic acids is 2. The van der Waals surface area contributed by atoms with Crippen molar-refractivity contribution in [2.75, 3.05) is 13.2 Å². The van der Waals surface area contributed by atoms with Gasteiger partial charge < -0.3 is 25.3 Å². The molecular weight excluding hydrogens is 382 g/mol. The molecule has 8 heteroatoms. The molecule has 30 heavy (non-hydrogen) atoms. The normalized spacial score (nSPS) is 14.6. The molecule has 1 aliphatic rings. The molecule has 2 aromatic heterocycles. The smallest absolute Gasteiger partial charge is 0.252 e. The molecule has 2 amide bonds. The number of aliphatic hydroxyl groups is 1. The van der Waals surface area contributed by atoms with Gasteiger partial charge in [0.2, 0.25) is 5.91 Å². The summed E-state index contributed by atoms with van der Waals surface area (Å²) in [6.45, 7) is 0.502. The highest BCUT2D eigenvalue weighted by Crippen LogP contribution is 2.27. The summed E-state index contributed by atoms with van der Waals surface area (Å²) < 4.78 is 0. The van der Waals surface area contributed by atoms with E-state index in [9.17, 15) is 14.7 Å². The molecule has 2 aromatic carbocycles. The number of hydrogen-bond acceptors (Lipinski definition) is 4. The maximum absolute atomic E-state index is 13.0. The van der Waals surface area contributed by atoms with Gasteiger partial charge in [-0.15, -0.1) is 0 Å². The van der Waals surface area contributed by atoms with E-state index >= 15 is 0 Å². The first kappa shape index (κ1) is 18.4. The third-order valence-corrected chi connectivity index (χ3v) is 5.66. The molecule has 3 heterocycles. The van der Waals surface area contributed by atoms with Crippen molar-refractivity contribution in [3.63, 3.8) is 0 Å². The number of nitrogens with one attached hydrogen (secondary N) is 3. The molecule has 152 valence electrons. The van der Waals surface area contributed by atoms with E-state index in [-0.39, 0.29) is 5.91 Å². The number of H-pyrrole nitrogens is 2. The van der Waals surface area contributed by atoms with Crippen molar-refractivity contribution >= 4 is 33.8 Å². The van der Waals surface area contributed by atoms with Gasteiger partial charge in [-0.1, -0.05) is 18.2 Å². The Morgan fingerprint density at radius 1 is 1.20 bits per heavy atom. The topological polar surface area (TPSA) is 114 Å². The predicted octanol–water partition coefficient (Wildman–Crippen LogP) is 1.72. The number of benzene rings is 2. The lowest BCUT2D eigenvalue weighted by Crippen LogP contribution is -2.51. The van der Waals surface area contributed by atoms with Crippen molar-refractivity contribution in [1.29, 1.82) is 0 Å². The van der Waals surface area contributed by atoms with Gasteiger partial charge in [0.15, 0.2) is 0 Å². The van der Waals surface area contributed by atoms with Crippen LogP contribution >= 0.6 is 0 Å². The number of aromatic amines is 2. The van der Waals surface area contributed by atoms with E-state index in [1.54, 1.807) is 29.4 Å². The number of nitrogens with zero attached hydrogens (tertiary/aromatic N) is 2. The van der Waals surface area contributed by atoms with Crippen LogP contribution < -0.4 is 5.32 Å². The van der Waals surface area contributed by atoms with Crippen LogP contribution in [0.2, 0.25) is 0 Å². The Kier molecular flexibility index (Phi) is 4.48. The minimum atomic E-state index is -0.999. The number of aromatic nitrogens is 3. The average Bonchev–Trinajstić information content (AvgIpc) is 3.39. The van der Waals surface area contributed by atoms with Gasteiger partial charge in [0, 0.05) is 28.7 Å². The van der Waals surface area contributed by atoms with E-state index in [0.29, 0.717) is 18.7 Å². The molecule has 0 aliphatic carbocycles. The first-order chi connectivity index (χ1) is 14.6. The van der Waals surface area contributed by atoms with Crippen molar-refractivity contribution in [3.05, 3.63) is 65.6 Å². The van der Waals surface area contributed by atoms with Crippen molar-refractivity contribution in [3.8, 4) is 0 Å². The summed E-state index contributed by atoms with van der Waals surface area (Å²) in [5, 5.41) is 13.6. The molecule has 5 rings (SSSR count). The first-order valence-corrected chi connectivity index (χ1v) is 9.86. The summed E-state index contributed by atoms with van der Waals surface area (Å²) in [6, 6.07) is 12.1. The van der Waals surface area contributed by atoms with E-state index in [1.807, 2.05) is 18.2 Å². The van der Waals surface area contributed by atoms with Gasteiger partial charge in [-0.3, -0.25) is 9.59 Å². The van der Waals surface area contributed by atoms with Gasteiger partial charge in [-0.25, -0.2) is 4.98 Å². The van der Waals surface area contributed by atoms with Gasteiger partial charge >= 0.3 is 0 Å². The van der Waals surface area contributed by atoms with Gasteiger partial charge in [0.05, 0.1) is 30.5 Å². The van der Waals surface area contributed by atoms with E-state index < -0.39 is 18.6 Å². The lowest BCUT2D eigenvalue weighted by molar-refractivity contribution is -0.135. The molecule has 1 aliphatic heterocycles. The summed E-state index contributed by atoms with van der Waals surface area (Å²) in [7, 11) is 0. The highest BCUT2D eigenvalue weighted by Gasteiger charge is 2.29. The minimum Gasteiger partial charge on any atom is -0.394 e. The molecular formula is C22H21N5O3. The fraction of sp³-hybridized carbons (Fsp3) is 0.227. The quantitative estimate of drug-likeness (QED) is 0.415. The fourth-order valence-electron chi connectivity index (χ4n) is 4.11. The van der Waals surface area contributed by atoms with Crippen LogP contribution in [-0.2, 0) is 17.8 Å². The Balaban J connectivity index is 1.32. The monoisotopic (exact) mass is 403 g/mol.